The van der Waals surface area contributed by atoms with Crippen LogP contribution in [-0.2, 0) is 0 Å². The van der Waals surface area contributed by atoms with Gasteiger partial charge in [-0.25, -0.2) is 0 Å². The third-order valence-electron chi connectivity index (χ3n) is 4.09. The molecule has 1 aliphatic carbocycles. The predicted octanol–water partition coefficient (Wildman–Crippen LogP) is 1.44. The fourth-order valence-electron chi connectivity index (χ4n) is 2.61. The Morgan fingerprint density at radius 2 is 2.11 bits per heavy atom. The van der Waals surface area contributed by atoms with Crippen LogP contribution >= 0.6 is 0 Å². The van der Waals surface area contributed by atoms with Crippen molar-refractivity contribution in [2.24, 2.45) is 10.4 Å². The van der Waals surface area contributed by atoms with Crippen molar-refractivity contribution in [3.05, 3.63) is 35.9 Å². The third kappa shape index (κ3) is 2.73. The number of aliphatic hydroxyl groups is 1. The molecule has 4 nitrogen and oxygen atoms in total. The van der Waals surface area contributed by atoms with Crippen LogP contribution in [0.25, 0.3) is 0 Å². The van der Waals surface area contributed by atoms with E-state index >= 15 is 0 Å². The molecule has 1 aliphatic heterocycles. The molecule has 1 fully saturated rings. The Morgan fingerprint density at radius 1 is 1.32 bits per heavy atom. The van der Waals surface area contributed by atoms with Crippen molar-refractivity contribution < 1.29 is 5.11 Å². The third-order valence-corrected chi connectivity index (χ3v) is 4.09. The lowest BCUT2D eigenvalue weighted by Crippen LogP contribution is -2.43. The first-order valence-electron chi connectivity index (χ1n) is 7.05. The molecule has 0 saturated heterocycles. The zero-order valence-electron chi connectivity index (χ0n) is 11.1. The Kier molecular flexibility index (Phi) is 3.42. The lowest BCUT2D eigenvalue weighted by molar-refractivity contribution is 0.0947. The van der Waals surface area contributed by atoms with Crippen molar-refractivity contribution in [2.75, 3.05) is 19.6 Å². The summed E-state index contributed by atoms with van der Waals surface area (Å²) in [5, 5.41) is 17.1. The van der Waals surface area contributed by atoms with Gasteiger partial charge in [0.25, 0.3) is 0 Å². The number of rotatable bonds is 4. The molecule has 0 bridgehead atoms. The molecule has 1 aromatic rings. The van der Waals surface area contributed by atoms with E-state index in [1.165, 1.54) is 0 Å². The Labute approximate surface area is 113 Å². The topological polar surface area (TPSA) is 56.6 Å². The van der Waals surface area contributed by atoms with Crippen LogP contribution in [-0.4, -0.2) is 30.7 Å². The van der Waals surface area contributed by atoms with E-state index in [4.69, 9.17) is 0 Å². The number of aliphatic imine (C=N–C) groups is 1. The molecule has 1 saturated carbocycles. The number of nitrogens with zero attached hydrogens (tertiary/aromatic N) is 1. The second-order valence-corrected chi connectivity index (χ2v) is 5.54. The molecule has 1 atom stereocenters. The molecule has 0 spiro atoms. The van der Waals surface area contributed by atoms with Gasteiger partial charge in [-0.15, -0.1) is 0 Å². The summed E-state index contributed by atoms with van der Waals surface area (Å²) in [7, 11) is 0. The minimum atomic E-state index is -0.384. The summed E-state index contributed by atoms with van der Waals surface area (Å²) in [4.78, 5) is 4.41. The van der Waals surface area contributed by atoms with Crippen LogP contribution in [0, 0.1) is 5.41 Å². The first kappa shape index (κ1) is 12.5. The molecule has 1 heterocycles. The fourth-order valence-corrected chi connectivity index (χ4v) is 2.61. The van der Waals surface area contributed by atoms with Gasteiger partial charge in [-0.2, -0.15) is 0 Å². The summed E-state index contributed by atoms with van der Waals surface area (Å²) >= 11 is 0. The maximum Gasteiger partial charge on any atom is 0.191 e. The maximum absolute atomic E-state index is 10.5. The van der Waals surface area contributed by atoms with Gasteiger partial charge in [-0.1, -0.05) is 30.3 Å². The van der Waals surface area contributed by atoms with E-state index < -0.39 is 0 Å². The van der Waals surface area contributed by atoms with Crippen molar-refractivity contribution in [3.8, 4) is 0 Å². The summed E-state index contributed by atoms with van der Waals surface area (Å²) in [6.07, 6.45) is 2.86. The molecule has 0 aromatic heterocycles. The van der Waals surface area contributed by atoms with Crippen LogP contribution in [0.1, 0.15) is 30.9 Å². The largest absolute Gasteiger partial charge is 0.388 e. The van der Waals surface area contributed by atoms with Gasteiger partial charge in [0.15, 0.2) is 5.96 Å². The number of aliphatic hydroxyl groups excluding tert-OH is 1. The molecule has 0 radical (unpaired) electrons. The molecular formula is C15H21N3O. The second-order valence-electron chi connectivity index (χ2n) is 5.54. The SMILES string of the molecule is OC(c1ccccc1)C1(CNC2=NCCCN2)CC1. The molecule has 0 amide bonds. The summed E-state index contributed by atoms with van der Waals surface area (Å²) in [5.41, 5.74) is 1.00. The Morgan fingerprint density at radius 3 is 2.74 bits per heavy atom. The zero-order chi connectivity index (χ0) is 13.1. The Balaban J connectivity index is 1.62. The minimum Gasteiger partial charge on any atom is -0.388 e. The predicted molar refractivity (Wildman–Crippen MR) is 76.0 cm³/mol. The number of guanidine groups is 1. The zero-order valence-corrected chi connectivity index (χ0v) is 11.1. The average molecular weight is 259 g/mol. The van der Waals surface area contributed by atoms with Gasteiger partial charge in [0.05, 0.1) is 6.10 Å². The van der Waals surface area contributed by atoms with E-state index in [-0.39, 0.29) is 11.5 Å². The summed E-state index contributed by atoms with van der Waals surface area (Å²) in [6.45, 7) is 2.67. The van der Waals surface area contributed by atoms with Crippen molar-refractivity contribution >= 4 is 5.96 Å². The first-order chi connectivity index (χ1) is 9.30. The number of hydrogen-bond acceptors (Lipinski definition) is 4. The second kappa shape index (κ2) is 5.21. The standard InChI is InChI=1S/C15H21N3O/c19-13(12-5-2-1-3-6-12)15(7-8-15)11-18-14-16-9-4-10-17-14/h1-3,5-6,13,19H,4,7-11H2,(H2,16,17,18). The van der Waals surface area contributed by atoms with Crippen molar-refractivity contribution in [3.63, 3.8) is 0 Å². The summed E-state index contributed by atoms with van der Waals surface area (Å²) in [6, 6.07) is 9.95. The van der Waals surface area contributed by atoms with Gasteiger partial charge in [-0.3, -0.25) is 4.99 Å². The van der Waals surface area contributed by atoms with Crippen molar-refractivity contribution in [1.29, 1.82) is 0 Å². The van der Waals surface area contributed by atoms with Gasteiger partial charge < -0.3 is 15.7 Å². The van der Waals surface area contributed by atoms with E-state index in [9.17, 15) is 5.11 Å². The molecule has 3 N–H and O–H groups in total. The first-order valence-corrected chi connectivity index (χ1v) is 7.05. The number of benzene rings is 1. The van der Waals surface area contributed by atoms with Gasteiger partial charge in [0, 0.05) is 25.0 Å². The number of nitrogens with one attached hydrogen (secondary N) is 2. The molecular weight excluding hydrogens is 238 g/mol. The molecule has 1 aromatic carbocycles. The van der Waals surface area contributed by atoms with Crippen LogP contribution in [0.3, 0.4) is 0 Å². The van der Waals surface area contributed by atoms with E-state index in [0.717, 1.165) is 50.4 Å². The maximum atomic E-state index is 10.5. The van der Waals surface area contributed by atoms with Gasteiger partial charge in [-0.05, 0) is 24.8 Å². The fraction of sp³-hybridized carbons (Fsp3) is 0.533. The van der Waals surface area contributed by atoms with Gasteiger partial charge >= 0.3 is 0 Å². The lowest BCUT2D eigenvalue weighted by Gasteiger charge is -2.25. The molecule has 3 rings (SSSR count). The normalized spacial score (nSPS) is 22.1. The van der Waals surface area contributed by atoms with Crippen LogP contribution in [0.4, 0.5) is 0 Å². The molecule has 4 heteroatoms. The smallest absolute Gasteiger partial charge is 0.191 e. The van der Waals surface area contributed by atoms with E-state index in [1.807, 2.05) is 30.3 Å². The molecule has 19 heavy (non-hydrogen) atoms. The Hall–Kier alpha value is -1.55. The highest BCUT2D eigenvalue weighted by Gasteiger charge is 2.49. The van der Waals surface area contributed by atoms with Gasteiger partial charge in [0.1, 0.15) is 0 Å². The molecule has 2 aliphatic rings. The highest BCUT2D eigenvalue weighted by Crippen LogP contribution is 2.54. The summed E-state index contributed by atoms with van der Waals surface area (Å²) in [5.74, 6) is 0.887. The van der Waals surface area contributed by atoms with Gasteiger partial charge in [0.2, 0.25) is 0 Å². The highest BCUT2D eigenvalue weighted by molar-refractivity contribution is 5.80. The lowest BCUT2D eigenvalue weighted by atomic mass is 9.93. The van der Waals surface area contributed by atoms with Crippen LogP contribution < -0.4 is 10.6 Å². The Bertz CT molecular complexity index is 454. The monoisotopic (exact) mass is 259 g/mol. The van der Waals surface area contributed by atoms with Crippen LogP contribution in [0.5, 0.6) is 0 Å². The van der Waals surface area contributed by atoms with E-state index in [1.54, 1.807) is 0 Å². The quantitative estimate of drug-likeness (QED) is 0.767. The minimum absolute atomic E-state index is 0.0109. The number of hydrogen-bond donors (Lipinski definition) is 3. The van der Waals surface area contributed by atoms with Crippen molar-refractivity contribution in [2.45, 2.75) is 25.4 Å². The van der Waals surface area contributed by atoms with E-state index in [0.29, 0.717) is 0 Å². The van der Waals surface area contributed by atoms with E-state index in [2.05, 4.69) is 15.6 Å². The average Bonchev–Trinajstić information content (AvgIpc) is 3.28. The molecule has 102 valence electrons. The van der Waals surface area contributed by atoms with Crippen LogP contribution in [0.2, 0.25) is 0 Å². The van der Waals surface area contributed by atoms with Crippen molar-refractivity contribution in [1.82, 2.24) is 10.6 Å². The highest BCUT2D eigenvalue weighted by atomic mass is 16.3. The van der Waals surface area contributed by atoms with Crippen LogP contribution in [0.15, 0.2) is 35.3 Å². The molecule has 1 unspecified atom stereocenters. The summed E-state index contributed by atoms with van der Waals surface area (Å²) < 4.78 is 0.